The minimum atomic E-state index is -1.54. The summed E-state index contributed by atoms with van der Waals surface area (Å²) in [5.41, 5.74) is 0. The Kier molecular flexibility index (Phi) is 9.36. The largest absolute Gasteiger partial charge is 0.375 e. The van der Waals surface area contributed by atoms with Gasteiger partial charge in [0.1, 0.15) is 0 Å². The molecule has 0 radical (unpaired) electrons. The first kappa shape index (κ1) is 17.8. The summed E-state index contributed by atoms with van der Waals surface area (Å²) in [6, 6.07) is 0. The normalized spacial score (nSPS) is 30.6. The van der Waals surface area contributed by atoms with Gasteiger partial charge in [0.15, 0.2) is 12.3 Å². The van der Waals surface area contributed by atoms with Crippen molar-refractivity contribution in [1.82, 2.24) is 0 Å². The molecule has 4 heteroatoms. The summed E-state index contributed by atoms with van der Waals surface area (Å²) in [4.78, 5) is 0. The maximum Gasteiger partial charge on any atom is 0.160 e. The lowest BCUT2D eigenvalue weighted by molar-refractivity contribution is -0.118. The van der Waals surface area contributed by atoms with Crippen LogP contribution >= 0.6 is 0 Å². The fourth-order valence-electron chi connectivity index (χ4n) is 2.55. The minimum Gasteiger partial charge on any atom is -0.375 e. The Morgan fingerprint density at radius 3 is 1.75 bits per heavy atom. The molecule has 1 rings (SSSR count). The standard InChI is InChI=1S/C16H30F2O2/c1-3-5-7-8-12-20-14-10-9-13(15(17)16(14)18)19-11-6-4-2/h13-16H,3-12H2,1-2H3. The summed E-state index contributed by atoms with van der Waals surface area (Å²) < 4.78 is 38.9. The fraction of sp³-hybridized carbons (Fsp3) is 1.00. The molecule has 0 aliphatic heterocycles. The Balaban J connectivity index is 2.22. The van der Waals surface area contributed by atoms with E-state index in [0.29, 0.717) is 26.1 Å². The molecule has 4 atom stereocenters. The monoisotopic (exact) mass is 292 g/mol. The highest BCUT2D eigenvalue weighted by molar-refractivity contribution is 4.89. The molecule has 0 heterocycles. The minimum absolute atomic E-state index is 0.525. The molecule has 0 bridgehead atoms. The van der Waals surface area contributed by atoms with Gasteiger partial charge in [-0.15, -0.1) is 0 Å². The molecule has 0 saturated heterocycles. The molecule has 1 aliphatic carbocycles. The Bertz CT molecular complexity index is 239. The van der Waals surface area contributed by atoms with Gasteiger partial charge < -0.3 is 9.47 Å². The van der Waals surface area contributed by atoms with Crippen LogP contribution in [-0.2, 0) is 9.47 Å². The van der Waals surface area contributed by atoms with E-state index < -0.39 is 24.6 Å². The van der Waals surface area contributed by atoms with E-state index in [9.17, 15) is 8.78 Å². The maximum atomic E-state index is 14.0. The van der Waals surface area contributed by atoms with Gasteiger partial charge in [0.25, 0.3) is 0 Å². The topological polar surface area (TPSA) is 18.5 Å². The van der Waals surface area contributed by atoms with Gasteiger partial charge in [0.05, 0.1) is 12.2 Å². The fourth-order valence-corrected chi connectivity index (χ4v) is 2.55. The summed E-state index contributed by atoms with van der Waals surface area (Å²) >= 11 is 0. The van der Waals surface area contributed by atoms with E-state index in [1.165, 1.54) is 12.8 Å². The van der Waals surface area contributed by atoms with E-state index in [1.54, 1.807) is 0 Å². The number of hydrogen-bond donors (Lipinski definition) is 0. The van der Waals surface area contributed by atoms with E-state index in [4.69, 9.17) is 9.47 Å². The molecular formula is C16H30F2O2. The van der Waals surface area contributed by atoms with Crippen LogP contribution in [0.25, 0.3) is 0 Å². The summed E-state index contributed by atoms with van der Waals surface area (Å²) in [6.07, 6.45) is 3.15. The molecule has 1 saturated carbocycles. The summed E-state index contributed by atoms with van der Waals surface area (Å²) in [5, 5.41) is 0. The lowest BCUT2D eigenvalue weighted by Crippen LogP contribution is -2.46. The highest BCUT2D eigenvalue weighted by atomic mass is 19.2. The van der Waals surface area contributed by atoms with Crippen molar-refractivity contribution in [3.63, 3.8) is 0 Å². The number of alkyl halides is 2. The average molecular weight is 292 g/mol. The summed E-state index contributed by atoms with van der Waals surface area (Å²) in [6.45, 7) is 5.26. The number of ether oxygens (including phenoxy) is 2. The lowest BCUT2D eigenvalue weighted by atomic mass is 9.91. The maximum absolute atomic E-state index is 14.0. The van der Waals surface area contributed by atoms with E-state index in [1.807, 2.05) is 0 Å². The number of hydrogen-bond acceptors (Lipinski definition) is 2. The van der Waals surface area contributed by atoms with Crippen LogP contribution in [0.4, 0.5) is 8.78 Å². The average Bonchev–Trinajstić information content (AvgIpc) is 2.45. The second-order valence-electron chi connectivity index (χ2n) is 5.70. The van der Waals surface area contributed by atoms with Crippen molar-refractivity contribution in [2.75, 3.05) is 13.2 Å². The highest BCUT2D eigenvalue weighted by Crippen LogP contribution is 2.29. The molecule has 0 aromatic rings. The molecule has 0 aromatic carbocycles. The molecule has 20 heavy (non-hydrogen) atoms. The highest BCUT2D eigenvalue weighted by Gasteiger charge is 2.41. The van der Waals surface area contributed by atoms with Crippen LogP contribution in [-0.4, -0.2) is 37.8 Å². The molecule has 1 aliphatic rings. The van der Waals surface area contributed by atoms with Crippen LogP contribution < -0.4 is 0 Å². The Labute approximate surface area is 122 Å². The van der Waals surface area contributed by atoms with E-state index >= 15 is 0 Å². The molecule has 2 nitrogen and oxygen atoms in total. The Morgan fingerprint density at radius 2 is 1.25 bits per heavy atom. The smallest absolute Gasteiger partial charge is 0.160 e. The second kappa shape index (κ2) is 10.5. The van der Waals surface area contributed by atoms with Crippen molar-refractivity contribution in [1.29, 1.82) is 0 Å². The quantitative estimate of drug-likeness (QED) is 0.548. The van der Waals surface area contributed by atoms with Crippen LogP contribution in [0.5, 0.6) is 0 Å². The van der Waals surface area contributed by atoms with Crippen LogP contribution in [0.1, 0.15) is 65.2 Å². The Hall–Kier alpha value is -0.220. The summed E-state index contributed by atoms with van der Waals surface area (Å²) in [5.74, 6) is 0. The van der Waals surface area contributed by atoms with Crippen LogP contribution in [0, 0.1) is 0 Å². The molecule has 0 amide bonds. The van der Waals surface area contributed by atoms with Crippen LogP contribution in [0.15, 0.2) is 0 Å². The van der Waals surface area contributed by atoms with Gasteiger partial charge in [0.2, 0.25) is 0 Å². The predicted octanol–water partition coefficient (Wildman–Crippen LogP) is 4.61. The van der Waals surface area contributed by atoms with Crippen molar-refractivity contribution in [2.24, 2.45) is 0 Å². The van der Waals surface area contributed by atoms with Gasteiger partial charge in [-0.2, -0.15) is 0 Å². The van der Waals surface area contributed by atoms with Gasteiger partial charge in [-0.1, -0.05) is 39.5 Å². The van der Waals surface area contributed by atoms with Gasteiger partial charge in [-0.25, -0.2) is 8.78 Å². The molecular weight excluding hydrogens is 262 g/mol. The Morgan fingerprint density at radius 1 is 0.750 bits per heavy atom. The lowest BCUT2D eigenvalue weighted by Gasteiger charge is -2.34. The first-order valence-corrected chi connectivity index (χ1v) is 8.22. The van der Waals surface area contributed by atoms with Gasteiger partial charge >= 0.3 is 0 Å². The van der Waals surface area contributed by atoms with Crippen molar-refractivity contribution in [3.05, 3.63) is 0 Å². The van der Waals surface area contributed by atoms with Crippen LogP contribution in [0.3, 0.4) is 0 Å². The third-order valence-electron chi connectivity index (χ3n) is 3.91. The molecule has 0 spiro atoms. The van der Waals surface area contributed by atoms with Crippen molar-refractivity contribution >= 4 is 0 Å². The van der Waals surface area contributed by atoms with Crippen LogP contribution in [0.2, 0.25) is 0 Å². The molecule has 0 N–H and O–H groups in total. The number of unbranched alkanes of at least 4 members (excludes halogenated alkanes) is 4. The summed E-state index contributed by atoms with van der Waals surface area (Å²) in [7, 11) is 0. The molecule has 1 fully saturated rings. The van der Waals surface area contributed by atoms with Gasteiger partial charge in [0, 0.05) is 13.2 Å². The zero-order valence-electron chi connectivity index (χ0n) is 13.0. The first-order chi connectivity index (χ1) is 9.70. The van der Waals surface area contributed by atoms with Gasteiger partial charge in [-0.3, -0.25) is 0 Å². The molecule has 120 valence electrons. The van der Waals surface area contributed by atoms with E-state index in [2.05, 4.69) is 13.8 Å². The molecule has 4 unspecified atom stereocenters. The third-order valence-corrected chi connectivity index (χ3v) is 3.91. The van der Waals surface area contributed by atoms with Crippen molar-refractivity contribution in [2.45, 2.75) is 89.8 Å². The van der Waals surface area contributed by atoms with E-state index in [0.717, 1.165) is 25.7 Å². The number of rotatable bonds is 10. The zero-order valence-corrected chi connectivity index (χ0v) is 13.0. The van der Waals surface area contributed by atoms with Crippen molar-refractivity contribution < 1.29 is 18.3 Å². The number of halogens is 2. The first-order valence-electron chi connectivity index (χ1n) is 8.22. The van der Waals surface area contributed by atoms with Crippen molar-refractivity contribution in [3.8, 4) is 0 Å². The third kappa shape index (κ3) is 6.04. The molecule has 0 aromatic heterocycles. The zero-order chi connectivity index (χ0) is 14.8. The predicted molar refractivity (Wildman–Crippen MR) is 77.6 cm³/mol. The SMILES string of the molecule is CCCCCCOC1CCC(OCCCC)C(F)C1F. The second-order valence-corrected chi connectivity index (χ2v) is 5.70. The van der Waals surface area contributed by atoms with E-state index in [-0.39, 0.29) is 0 Å². The van der Waals surface area contributed by atoms with Gasteiger partial charge in [-0.05, 0) is 25.7 Å².